The van der Waals surface area contributed by atoms with E-state index >= 15 is 0 Å². The van der Waals surface area contributed by atoms with Gasteiger partial charge in [0.15, 0.2) is 0 Å². The Kier molecular flexibility index (Phi) is 8.48. The molecule has 0 radical (unpaired) electrons. The summed E-state index contributed by atoms with van der Waals surface area (Å²) >= 11 is 0. The van der Waals surface area contributed by atoms with E-state index in [1.807, 2.05) is 25.1 Å². The van der Waals surface area contributed by atoms with Crippen LogP contribution in [-0.4, -0.2) is 48.5 Å². The van der Waals surface area contributed by atoms with Crippen LogP contribution >= 0.6 is 0 Å². The van der Waals surface area contributed by atoms with Crippen LogP contribution in [0.5, 0.6) is 5.75 Å². The molecule has 4 aromatic rings. The van der Waals surface area contributed by atoms with Crippen LogP contribution in [0.25, 0.3) is 11.1 Å². The first kappa shape index (κ1) is 31.8. The van der Waals surface area contributed by atoms with Crippen molar-refractivity contribution in [2.75, 3.05) is 18.7 Å². The molecule has 1 fully saturated rings. The van der Waals surface area contributed by atoms with Crippen LogP contribution in [0, 0.1) is 18.7 Å². The predicted octanol–water partition coefficient (Wildman–Crippen LogP) is 7.86. The lowest BCUT2D eigenvalue weighted by molar-refractivity contribution is -0.131. The van der Waals surface area contributed by atoms with Crippen LogP contribution < -0.4 is 9.75 Å². The Morgan fingerprint density at radius 2 is 1.72 bits per heavy atom. The number of hydrogen-bond donors (Lipinski definition) is 0. The molecule has 47 heavy (non-hydrogen) atoms. The van der Waals surface area contributed by atoms with E-state index in [9.17, 15) is 27.2 Å². The SMILES string of the molecule is COc1ccc(F)c(-c2ccc(Cc3ccc(N4N=C(C(F)(F)F)[C@@H](C)[C@@H]4C(=O)N4C(=O)OC[C@@H]4c4ccccc4)cc3)c(C)c2)c1. The molecule has 0 unspecified atom stereocenters. The third-order valence-corrected chi connectivity index (χ3v) is 8.64. The summed E-state index contributed by atoms with van der Waals surface area (Å²) < 4.78 is 67.2. The molecule has 2 aliphatic heterocycles. The Bertz CT molecular complexity index is 1840. The molecule has 2 aliphatic rings. The van der Waals surface area contributed by atoms with Crippen molar-refractivity contribution in [2.24, 2.45) is 11.0 Å². The predicted molar refractivity (Wildman–Crippen MR) is 169 cm³/mol. The van der Waals surface area contributed by atoms with E-state index < -0.39 is 41.9 Å². The fourth-order valence-electron chi connectivity index (χ4n) is 6.11. The second-order valence-electron chi connectivity index (χ2n) is 11.6. The molecular formula is C36H31F4N3O4. The standard InChI is InChI=1S/C36H31F4N3O4/c1-21-17-26(29-19-28(46-3)15-16-30(29)37)12-11-25(21)18-23-9-13-27(14-10-23)43-32(22(2)33(41-43)36(38,39)40)34(44)42-31(20-47-35(42)45)24-7-5-4-6-8-24/h4-17,19,22,31-32H,18,20H2,1-3H3/t22-,31+,32+/m0/s1. The first-order valence-electron chi connectivity index (χ1n) is 15.0. The summed E-state index contributed by atoms with van der Waals surface area (Å²) in [6.07, 6.45) is -5.20. The average Bonchev–Trinajstić information content (AvgIpc) is 3.62. The quantitative estimate of drug-likeness (QED) is 0.192. The van der Waals surface area contributed by atoms with Gasteiger partial charge in [-0.15, -0.1) is 0 Å². The number of alkyl halides is 3. The molecule has 242 valence electrons. The van der Waals surface area contributed by atoms with Gasteiger partial charge in [-0.3, -0.25) is 9.80 Å². The van der Waals surface area contributed by atoms with Gasteiger partial charge in [-0.1, -0.05) is 67.6 Å². The molecule has 4 aromatic carbocycles. The van der Waals surface area contributed by atoms with Crippen LogP contribution in [0.3, 0.4) is 0 Å². The monoisotopic (exact) mass is 645 g/mol. The van der Waals surface area contributed by atoms with Crippen LogP contribution in [0.2, 0.25) is 0 Å². The smallest absolute Gasteiger partial charge is 0.431 e. The first-order valence-corrected chi connectivity index (χ1v) is 15.0. The van der Waals surface area contributed by atoms with Crippen molar-refractivity contribution < 1.29 is 36.6 Å². The number of amides is 2. The molecule has 2 amide bonds. The lowest BCUT2D eigenvalue weighted by atomic mass is 9.94. The number of imide groups is 1. The molecule has 7 nitrogen and oxygen atoms in total. The van der Waals surface area contributed by atoms with E-state index in [0.29, 0.717) is 28.9 Å². The van der Waals surface area contributed by atoms with Crippen LogP contribution in [-0.2, 0) is 16.0 Å². The minimum absolute atomic E-state index is 0.105. The summed E-state index contributed by atoms with van der Waals surface area (Å²) in [7, 11) is 1.52. The molecule has 0 aromatic heterocycles. The number of carbonyl (C=O) groups excluding carboxylic acids is 2. The highest BCUT2D eigenvalue weighted by Gasteiger charge is 2.54. The van der Waals surface area contributed by atoms with E-state index in [2.05, 4.69) is 5.10 Å². The number of benzene rings is 4. The molecule has 1 saturated heterocycles. The zero-order valence-corrected chi connectivity index (χ0v) is 25.8. The maximum Gasteiger partial charge on any atom is 0.431 e. The normalized spacial score (nSPS) is 19.5. The van der Waals surface area contributed by atoms with Crippen LogP contribution in [0.15, 0.2) is 96.1 Å². The number of anilines is 1. The van der Waals surface area contributed by atoms with Crippen LogP contribution in [0.1, 0.15) is 35.2 Å². The van der Waals surface area contributed by atoms with Gasteiger partial charge in [0.1, 0.15) is 36.0 Å². The van der Waals surface area contributed by atoms with Gasteiger partial charge in [0.2, 0.25) is 0 Å². The van der Waals surface area contributed by atoms with E-state index in [0.717, 1.165) is 26.6 Å². The molecule has 6 rings (SSSR count). The molecule has 0 N–H and O–H groups in total. The zero-order chi connectivity index (χ0) is 33.5. The Balaban J connectivity index is 1.26. The Labute approximate surface area is 269 Å². The molecule has 0 bridgehead atoms. The second-order valence-corrected chi connectivity index (χ2v) is 11.6. The highest BCUT2D eigenvalue weighted by Crippen LogP contribution is 2.39. The number of hydrogen-bond acceptors (Lipinski definition) is 6. The maximum absolute atomic E-state index is 14.6. The minimum Gasteiger partial charge on any atom is -0.497 e. The summed E-state index contributed by atoms with van der Waals surface area (Å²) in [6, 6.07) is 23.4. The summed E-state index contributed by atoms with van der Waals surface area (Å²) in [5.74, 6) is -2.01. The number of aryl methyl sites for hydroxylation is 1. The molecule has 3 atom stereocenters. The van der Waals surface area contributed by atoms with E-state index in [1.165, 1.54) is 20.1 Å². The second kappa shape index (κ2) is 12.5. The maximum atomic E-state index is 14.6. The van der Waals surface area contributed by atoms with E-state index in [1.54, 1.807) is 66.7 Å². The van der Waals surface area contributed by atoms with Crippen LogP contribution in [0.4, 0.5) is 28.0 Å². The Morgan fingerprint density at radius 1 is 1.00 bits per heavy atom. The van der Waals surface area contributed by atoms with Crippen molar-refractivity contribution in [3.63, 3.8) is 0 Å². The number of hydrazone groups is 1. The molecule has 0 aliphatic carbocycles. The van der Waals surface area contributed by atoms with Crippen molar-refractivity contribution >= 4 is 23.4 Å². The number of ether oxygens (including phenoxy) is 2. The molecule has 11 heteroatoms. The van der Waals surface area contributed by atoms with Crippen molar-refractivity contribution in [3.8, 4) is 16.9 Å². The number of cyclic esters (lactones) is 1. The van der Waals surface area contributed by atoms with Gasteiger partial charge < -0.3 is 9.47 Å². The fraction of sp³-hybridized carbons (Fsp3) is 0.250. The van der Waals surface area contributed by atoms with Gasteiger partial charge in [-0.2, -0.15) is 18.3 Å². The van der Waals surface area contributed by atoms with E-state index in [4.69, 9.17) is 9.47 Å². The molecule has 0 saturated carbocycles. The topological polar surface area (TPSA) is 71.4 Å². The lowest BCUT2D eigenvalue weighted by Gasteiger charge is -2.30. The third-order valence-electron chi connectivity index (χ3n) is 8.64. The van der Waals surface area contributed by atoms with Gasteiger partial charge in [0, 0.05) is 11.5 Å². The summed E-state index contributed by atoms with van der Waals surface area (Å²) in [5.41, 5.74) is 3.67. The summed E-state index contributed by atoms with van der Waals surface area (Å²) in [5, 5.41) is 4.93. The van der Waals surface area contributed by atoms with Gasteiger partial charge >= 0.3 is 12.3 Å². The first-order chi connectivity index (χ1) is 22.5. The van der Waals surface area contributed by atoms with Gasteiger partial charge in [0.05, 0.1) is 12.8 Å². The van der Waals surface area contributed by atoms with Gasteiger partial charge in [-0.05, 0) is 71.5 Å². The lowest BCUT2D eigenvalue weighted by Crippen LogP contribution is -2.50. The largest absolute Gasteiger partial charge is 0.497 e. The van der Waals surface area contributed by atoms with Crippen molar-refractivity contribution in [3.05, 3.63) is 119 Å². The summed E-state index contributed by atoms with van der Waals surface area (Å²) in [6.45, 7) is 3.10. The highest BCUT2D eigenvalue weighted by molar-refractivity contribution is 6.05. The number of methoxy groups -OCH3 is 1. The fourth-order valence-corrected chi connectivity index (χ4v) is 6.11. The Morgan fingerprint density at radius 3 is 2.38 bits per heavy atom. The van der Waals surface area contributed by atoms with Crippen molar-refractivity contribution in [1.82, 2.24) is 4.90 Å². The molecular weight excluding hydrogens is 614 g/mol. The summed E-state index contributed by atoms with van der Waals surface area (Å²) in [4.78, 5) is 27.6. The highest BCUT2D eigenvalue weighted by atomic mass is 19.4. The third kappa shape index (κ3) is 6.17. The number of rotatable bonds is 7. The average molecular weight is 646 g/mol. The zero-order valence-electron chi connectivity index (χ0n) is 25.8. The minimum atomic E-state index is -4.78. The van der Waals surface area contributed by atoms with Gasteiger partial charge in [-0.25, -0.2) is 14.1 Å². The Hall–Kier alpha value is -5.19. The van der Waals surface area contributed by atoms with E-state index in [-0.39, 0.29) is 18.1 Å². The number of carbonyl (C=O) groups is 2. The molecule has 0 spiro atoms. The number of halogens is 4. The molecule has 2 heterocycles. The van der Waals surface area contributed by atoms with Crippen molar-refractivity contribution in [2.45, 2.75) is 38.5 Å². The number of nitrogens with zero attached hydrogens (tertiary/aromatic N) is 3. The van der Waals surface area contributed by atoms with Crippen molar-refractivity contribution in [1.29, 1.82) is 0 Å². The van der Waals surface area contributed by atoms with Gasteiger partial charge in [0.25, 0.3) is 5.91 Å².